The lowest BCUT2D eigenvalue weighted by Crippen LogP contribution is -2.30. The third-order valence-corrected chi connectivity index (χ3v) is 4.84. The van der Waals surface area contributed by atoms with Crippen molar-refractivity contribution in [3.8, 4) is 5.75 Å². The zero-order valence-corrected chi connectivity index (χ0v) is 13.5. The van der Waals surface area contributed by atoms with Crippen molar-refractivity contribution in [2.45, 2.75) is 30.7 Å². The van der Waals surface area contributed by atoms with Gasteiger partial charge < -0.3 is 9.47 Å². The molecule has 21 heavy (non-hydrogen) atoms. The van der Waals surface area contributed by atoms with Gasteiger partial charge in [-0.1, -0.05) is 0 Å². The van der Waals surface area contributed by atoms with Crippen molar-refractivity contribution in [2.24, 2.45) is 5.41 Å². The minimum Gasteiger partial charge on any atom is -0.497 e. The highest BCUT2D eigenvalue weighted by Gasteiger charge is 2.69. The van der Waals surface area contributed by atoms with E-state index in [2.05, 4.69) is 0 Å². The third kappa shape index (κ3) is 3.01. The Hall–Kier alpha value is -1.26. The minimum absolute atomic E-state index is 0.287. The molecular formula is C15H16Cl2O4. The molecule has 0 amide bonds. The molecule has 0 radical (unpaired) electrons. The summed E-state index contributed by atoms with van der Waals surface area (Å²) in [4.78, 5) is 24.2. The molecule has 0 spiro atoms. The maximum Gasteiger partial charge on any atom is 0.315 e. The van der Waals surface area contributed by atoms with Gasteiger partial charge in [0.15, 0.2) is 6.10 Å². The second-order valence-electron chi connectivity index (χ2n) is 5.35. The lowest BCUT2D eigenvalue weighted by Gasteiger charge is -2.16. The van der Waals surface area contributed by atoms with Crippen LogP contribution in [0.15, 0.2) is 24.3 Å². The first-order valence-corrected chi connectivity index (χ1v) is 7.24. The largest absolute Gasteiger partial charge is 0.497 e. The Labute approximate surface area is 133 Å². The molecule has 2 atom stereocenters. The predicted molar refractivity (Wildman–Crippen MR) is 80.0 cm³/mol. The number of ether oxygens (including phenoxy) is 2. The number of hydrogen-bond acceptors (Lipinski definition) is 4. The van der Waals surface area contributed by atoms with E-state index >= 15 is 0 Å². The molecular weight excluding hydrogens is 315 g/mol. The number of benzene rings is 1. The van der Waals surface area contributed by atoms with Gasteiger partial charge in [0, 0.05) is 12.0 Å². The van der Waals surface area contributed by atoms with Crippen molar-refractivity contribution < 1.29 is 19.1 Å². The molecule has 1 saturated carbocycles. The van der Waals surface area contributed by atoms with Gasteiger partial charge >= 0.3 is 5.97 Å². The number of alkyl halides is 2. The van der Waals surface area contributed by atoms with Crippen molar-refractivity contribution in [3.05, 3.63) is 29.8 Å². The minimum atomic E-state index is -1.10. The first-order valence-electron chi connectivity index (χ1n) is 6.48. The SMILES string of the molecule is COc1ccc(C(=O)C(C)OC(=O)C2(C)CC2(Cl)Cl)cc1. The van der Waals surface area contributed by atoms with Gasteiger partial charge in [0.2, 0.25) is 5.78 Å². The summed E-state index contributed by atoms with van der Waals surface area (Å²) in [5.74, 6) is -0.192. The normalized spacial score (nSPS) is 24.0. The molecule has 0 aromatic heterocycles. The zero-order valence-electron chi connectivity index (χ0n) is 12.0. The van der Waals surface area contributed by atoms with E-state index in [0.29, 0.717) is 17.7 Å². The number of esters is 1. The summed E-state index contributed by atoms with van der Waals surface area (Å²) in [6.07, 6.45) is -0.571. The highest BCUT2D eigenvalue weighted by Crippen LogP contribution is 2.64. The van der Waals surface area contributed by atoms with Gasteiger partial charge in [-0.15, -0.1) is 23.2 Å². The maximum atomic E-state index is 12.2. The Bertz CT molecular complexity index is 568. The summed E-state index contributed by atoms with van der Waals surface area (Å²) in [6.45, 7) is 3.15. The van der Waals surface area contributed by atoms with E-state index in [0.717, 1.165) is 0 Å². The molecule has 0 saturated heterocycles. The summed E-state index contributed by atoms with van der Waals surface area (Å²) < 4.78 is 9.12. The van der Waals surface area contributed by atoms with Crippen LogP contribution < -0.4 is 4.74 Å². The Morgan fingerprint density at radius 3 is 2.19 bits per heavy atom. The highest BCUT2D eigenvalue weighted by molar-refractivity contribution is 6.53. The topological polar surface area (TPSA) is 52.6 Å². The monoisotopic (exact) mass is 330 g/mol. The second-order valence-corrected chi connectivity index (χ2v) is 6.84. The second kappa shape index (κ2) is 5.50. The first-order chi connectivity index (χ1) is 9.71. The van der Waals surface area contributed by atoms with Crippen LogP contribution in [-0.4, -0.2) is 29.3 Å². The fourth-order valence-electron chi connectivity index (χ4n) is 1.96. The van der Waals surface area contributed by atoms with E-state index in [1.165, 1.54) is 6.92 Å². The van der Waals surface area contributed by atoms with Crippen molar-refractivity contribution in [1.82, 2.24) is 0 Å². The molecule has 114 valence electrons. The van der Waals surface area contributed by atoms with E-state index in [1.54, 1.807) is 38.3 Å². The van der Waals surface area contributed by atoms with Crippen molar-refractivity contribution in [2.75, 3.05) is 7.11 Å². The molecule has 0 aliphatic heterocycles. The van der Waals surface area contributed by atoms with Crippen molar-refractivity contribution >= 4 is 35.0 Å². The van der Waals surface area contributed by atoms with E-state index in [1.807, 2.05) is 0 Å². The predicted octanol–water partition coefficient (Wildman–Crippen LogP) is 3.39. The fourth-order valence-corrected chi connectivity index (χ4v) is 2.64. The van der Waals surface area contributed by atoms with Crippen LogP contribution in [0, 0.1) is 5.41 Å². The fraction of sp³-hybridized carbons (Fsp3) is 0.467. The molecule has 1 aliphatic carbocycles. The van der Waals surface area contributed by atoms with Gasteiger partial charge in [-0.05, 0) is 38.1 Å². The Morgan fingerprint density at radius 1 is 1.24 bits per heavy atom. The van der Waals surface area contributed by atoms with Gasteiger partial charge in [0.05, 0.1) is 7.11 Å². The number of hydrogen-bond donors (Lipinski definition) is 0. The number of carbonyl (C=O) groups excluding carboxylic acids is 2. The zero-order chi connectivity index (χ0) is 15.8. The van der Waals surface area contributed by atoms with Crippen LogP contribution in [0.25, 0.3) is 0 Å². The Kier molecular flexibility index (Phi) is 4.22. The average Bonchev–Trinajstić information content (AvgIpc) is 2.98. The molecule has 0 bridgehead atoms. The quantitative estimate of drug-likeness (QED) is 0.471. The lowest BCUT2D eigenvalue weighted by atomic mass is 10.1. The summed E-state index contributed by atoms with van der Waals surface area (Å²) in [7, 11) is 1.54. The van der Waals surface area contributed by atoms with E-state index in [4.69, 9.17) is 32.7 Å². The molecule has 1 aromatic carbocycles. The first kappa shape index (κ1) is 16.1. The highest BCUT2D eigenvalue weighted by atomic mass is 35.5. The summed E-state index contributed by atoms with van der Waals surface area (Å²) in [5, 5.41) is 0. The Morgan fingerprint density at radius 2 is 1.76 bits per heavy atom. The van der Waals surface area contributed by atoms with Gasteiger partial charge in [-0.25, -0.2) is 0 Å². The van der Waals surface area contributed by atoms with Crippen LogP contribution >= 0.6 is 23.2 Å². The van der Waals surface area contributed by atoms with Crippen LogP contribution in [-0.2, 0) is 9.53 Å². The van der Waals surface area contributed by atoms with E-state index < -0.39 is 21.8 Å². The van der Waals surface area contributed by atoms with Crippen molar-refractivity contribution in [3.63, 3.8) is 0 Å². The van der Waals surface area contributed by atoms with Crippen LogP contribution in [0.2, 0.25) is 0 Å². The number of carbonyl (C=O) groups is 2. The standard InChI is InChI=1S/C15H16Cl2O4/c1-9(21-13(19)14(2)8-15(14,16)17)12(18)10-4-6-11(20-3)7-5-10/h4-7,9H,8H2,1-3H3. The number of methoxy groups -OCH3 is 1. The van der Waals surface area contributed by atoms with Gasteiger partial charge in [0.25, 0.3) is 0 Å². The molecule has 0 N–H and O–H groups in total. The Balaban J connectivity index is 2.01. The molecule has 1 fully saturated rings. The van der Waals surface area contributed by atoms with Gasteiger partial charge in [-0.3, -0.25) is 9.59 Å². The molecule has 2 unspecified atom stereocenters. The molecule has 2 rings (SSSR count). The number of halogens is 2. The number of rotatable bonds is 5. The maximum absolute atomic E-state index is 12.2. The van der Waals surface area contributed by atoms with Gasteiger partial charge in [0.1, 0.15) is 15.5 Å². The van der Waals surface area contributed by atoms with Crippen LogP contribution in [0.3, 0.4) is 0 Å². The molecule has 4 nitrogen and oxygen atoms in total. The molecule has 1 aromatic rings. The smallest absolute Gasteiger partial charge is 0.315 e. The summed E-state index contributed by atoms with van der Waals surface area (Å²) in [5.41, 5.74) is -0.495. The summed E-state index contributed by atoms with van der Waals surface area (Å²) >= 11 is 11.8. The molecule has 1 aliphatic rings. The van der Waals surface area contributed by atoms with E-state index in [-0.39, 0.29) is 5.78 Å². The van der Waals surface area contributed by atoms with Crippen LogP contribution in [0.1, 0.15) is 30.6 Å². The molecule has 0 heterocycles. The van der Waals surface area contributed by atoms with Crippen LogP contribution in [0.4, 0.5) is 0 Å². The summed E-state index contributed by atoms with van der Waals surface area (Å²) in [6, 6.07) is 6.59. The van der Waals surface area contributed by atoms with Crippen LogP contribution in [0.5, 0.6) is 5.75 Å². The number of ketones is 1. The van der Waals surface area contributed by atoms with Gasteiger partial charge in [-0.2, -0.15) is 0 Å². The van der Waals surface area contributed by atoms with E-state index in [9.17, 15) is 9.59 Å². The average molecular weight is 331 g/mol. The third-order valence-electron chi connectivity index (χ3n) is 3.74. The number of Topliss-reactive ketones (excluding diaryl/α,β-unsaturated/α-hetero) is 1. The lowest BCUT2D eigenvalue weighted by molar-refractivity contribution is -0.152. The van der Waals surface area contributed by atoms with Crippen molar-refractivity contribution in [1.29, 1.82) is 0 Å². The molecule has 6 heteroatoms.